The third-order valence-electron chi connectivity index (χ3n) is 5.20. The van der Waals surface area contributed by atoms with Crippen molar-refractivity contribution in [2.75, 3.05) is 13.1 Å². The Morgan fingerprint density at radius 3 is 2.42 bits per heavy atom. The van der Waals surface area contributed by atoms with Crippen molar-refractivity contribution in [3.05, 3.63) is 0 Å². The molecule has 1 aliphatic heterocycles. The number of carbonyl (C=O) groups excluding carboxylic acids is 2. The zero-order valence-electron chi connectivity index (χ0n) is 15.8. The fourth-order valence-electron chi connectivity index (χ4n) is 3.83. The van der Waals surface area contributed by atoms with Gasteiger partial charge in [-0.15, -0.1) is 0 Å². The lowest BCUT2D eigenvalue weighted by Gasteiger charge is -2.37. The van der Waals surface area contributed by atoms with Gasteiger partial charge in [-0.25, -0.2) is 4.79 Å². The predicted octanol–water partition coefficient (Wildman–Crippen LogP) is 3.72. The molecule has 2 aliphatic rings. The van der Waals surface area contributed by atoms with Crippen molar-refractivity contribution in [2.24, 2.45) is 11.8 Å². The van der Waals surface area contributed by atoms with Gasteiger partial charge in [-0.1, -0.05) is 32.6 Å². The lowest BCUT2D eigenvalue weighted by atomic mass is 9.93. The van der Waals surface area contributed by atoms with Crippen molar-refractivity contribution >= 4 is 12.0 Å². The van der Waals surface area contributed by atoms with Gasteiger partial charge in [0, 0.05) is 25.6 Å². The molecule has 0 bridgehead atoms. The molecule has 1 N–H and O–H groups in total. The first-order chi connectivity index (χ1) is 11.2. The SMILES string of the molecule is C[C@H]1CN(C(=O)CCC2CCCC2)CC[C@@H]1NC(=O)OC(C)(C)C. The molecule has 0 aromatic rings. The molecule has 24 heavy (non-hydrogen) atoms. The largest absolute Gasteiger partial charge is 0.444 e. The molecule has 5 heteroatoms. The Hall–Kier alpha value is -1.26. The van der Waals surface area contributed by atoms with Crippen LogP contribution in [0.2, 0.25) is 0 Å². The minimum Gasteiger partial charge on any atom is -0.444 e. The van der Waals surface area contributed by atoms with E-state index in [0.717, 1.165) is 31.8 Å². The molecule has 0 unspecified atom stereocenters. The number of hydrogen-bond acceptors (Lipinski definition) is 3. The Morgan fingerprint density at radius 1 is 1.17 bits per heavy atom. The van der Waals surface area contributed by atoms with Crippen LogP contribution in [-0.4, -0.2) is 41.6 Å². The van der Waals surface area contributed by atoms with Crippen LogP contribution in [0.3, 0.4) is 0 Å². The molecule has 0 aromatic heterocycles. The average Bonchev–Trinajstić information content (AvgIpc) is 2.98. The Morgan fingerprint density at radius 2 is 1.83 bits per heavy atom. The molecule has 5 nitrogen and oxygen atoms in total. The highest BCUT2D eigenvalue weighted by molar-refractivity contribution is 5.76. The van der Waals surface area contributed by atoms with Gasteiger partial charge in [0.15, 0.2) is 0 Å². The third-order valence-corrected chi connectivity index (χ3v) is 5.20. The van der Waals surface area contributed by atoms with Crippen molar-refractivity contribution in [3.8, 4) is 0 Å². The van der Waals surface area contributed by atoms with Crippen LogP contribution in [-0.2, 0) is 9.53 Å². The highest BCUT2D eigenvalue weighted by atomic mass is 16.6. The molecule has 1 saturated carbocycles. The first kappa shape index (κ1) is 19.1. The van der Waals surface area contributed by atoms with Crippen molar-refractivity contribution in [1.82, 2.24) is 10.2 Å². The highest BCUT2D eigenvalue weighted by Gasteiger charge is 2.31. The number of amides is 2. The number of carbonyl (C=O) groups is 2. The van der Waals surface area contributed by atoms with E-state index >= 15 is 0 Å². The molecule has 2 fully saturated rings. The summed E-state index contributed by atoms with van der Waals surface area (Å²) in [6.07, 6.45) is 7.42. The number of nitrogens with one attached hydrogen (secondary N) is 1. The second-order valence-electron chi connectivity index (χ2n) is 8.55. The van der Waals surface area contributed by atoms with Gasteiger partial charge >= 0.3 is 6.09 Å². The number of rotatable bonds is 4. The van der Waals surface area contributed by atoms with E-state index < -0.39 is 5.60 Å². The summed E-state index contributed by atoms with van der Waals surface area (Å²) in [4.78, 5) is 26.3. The zero-order valence-corrected chi connectivity index (χ0v) is 15.8. The molecular weight excluding hydrogens is 304 g/mol. The number of ether oxygens (including phenoxy) is 1. The monoisotopic (exact) mass is 338 g/mol. The zero-order chi connectivity index (χ0) is 17.7. The molecule has 138 valence electrons. The molecule has 1 saturated heterocycles. The van der Waals surface area contributed by atoms with Gasteiger partial charge in [0.1, 0.15) is 5.60 Å². The van der Waals surface area contributed by atoms with Gasteiger partial charge in [0.25, 0.3) is 0 Å². The van der Waals surface area contributed by atoms with Crippen LogP contribution >= 0.6 is 0 Å². The smallest absolute Gasteiger partial charge is 0.407 e. The molecule has 0 spiro atoms. The van der Waals surface area contributed by atoms with Crippen molar-refractivity contribution in [2.45, 2.75) is 84.3 Å². The number of piperidine rings is 1. The van der Waals surface area contributed by atoms with Gasteiger partial charge in [-0.05, 0) is 45.4 Å². The molecule has 2 atom stereocenters. The van der Waals surface area contributed by atoms with Gasteiger partial charge in [0.05, 0.1) is 0 Å². The highest BCUT2D eigenvalue weighted by Crippen LogP contribution is 2.29. The second-order valence-corrected chi connectivity index (χ2v) is 8.55. The number of nitrogens with zero attached hydrogens (tertiary/aromatic N) is 1. The Labute approximate surface area is 146 Å². The van der Waals surface area contributed by atoms with Gasteiger partial charge < -0.3 is 15.0 Å². The van der Waals surface area contributed by atoms with Crippen LogP contribution in [0, 0.1) is 11.8 Å². The molecule has 1 heterocycles. The standard InChI is InChI=1S/C19H34N2O3/c1-14-13-21(17(22)10-9-15-7-5-6-8-15)12-11-16(14)20-18(23)24-19(2,3)4/h14-16H,5-13H2,1-4H3,(H,20,23)/t14-,16-/m0/s1. The van der Waals surface area contributed by atoms with Crippen LogP contribution in [0.4, 0.5) is 4.79 Å². The fourth-order valence-corrected chi connectivity index (χ4v) is 3.83. The maximum Gasteiger partial charge on any atom is 0.407 e. The maximum absolute atomic E-state index is 12.4. The summed E-state index contributed by atoms with van der Waals surface area (Å²) in [7, 11) is 0. The van der Waals surface area contributed by atoms with Crippen molar-refractivity contribution < 1.29 is 14.3 Å². The molecule has 2 amide bonds. The minimum absolute atomic E-state index is 0.0822. The molecule has 0 radical (unpaired) electrons. The van der Waals surface area contributed by atoms with Crippen LogP contribution in [0.25, 0.3) is 0 Å². The normalized spacial score (nSPS) is 25.6. The summed E-state index contributed by atoms with van der Waals surface area (Å²) in [5.41, 5.74) is -0.482. The minimum atomic E-state index is -0.482. The van der Waals surface area contributed by atoms with Crippen molar-refractivity contribution in [3.63, 3.8) is 0 Å². The van der Waals surface area contributed by atoms with E-state index in [2.05, 4.69) is 12.2 Å². The summed E-state index contributed by atoms with van der Waals surface area (Å²) in [6.45, 7) is 9.14. The third kappa shape index (κ3) is 5.99. The van der Waals surface area contributed by atoms with Crippen LogP contribution in [0.5, 0.6) is 0 Å². The predicted molar refractivity (Wildman–Crippen MR) is 94.7 cm³/mol. The van der Waals surface area contributed by atoms with E-state index in [-0.39, 0.29) is 24.0 Å². The second kappa shape index (κ2) is 8.21. The number of likely N-dealkylation sites (tertiary alicyclic amines) is 1. The summed E-state index contributed by atoms with van der Waals surface area (Å²) in [5, 5.41) is 2.96. The quantitative estimate of drug-likeness (QED) is 0.850. The molecule has 1 aliphatic carbocycles. The number of hydrogen-bond donors (Lipinski definition) is 1. The summed E-state index contributed by atoms with van der Waals surface area (Å²) >= 11 is 0. The first-order valence-corrected chi connectivity index (χ1v) is 9.52. The summed E-state index contributed by atoms with van der Waals surface area (Å²) in [5.74, 6) is 1.30. The van der Waals surface area contributed by atoms with Gasteiger partial charge in [-0.2, -0.15) is 0 Å². The fraction of sp³-hybridized carbons (Fsp3) is 0.895. The Balaban J connectivity index is 1.73. The van der Waals surface area contributed by atoms with E-state index in [0.29, 0.717) is 6.42 Å². The van der Waals surface area contributed by atoms with E-state index in [4.69, 9.17) is 4.74 Å². The lowest BCUT2D eigenvalue weighted by Crippen LogP contribution is -2.52. The van der Waals surface area contributed by atoms with Gasteiger partial charge in [0.2, 0.25) is 5.91 Å². The van der Waals surface area contributed by atoms with Crippen molar-refractivity contribution in [1.29, 1.82) is 0 Å². The van der Waals surface area contributed by atoms with Crippen LogP contribution in [0.15, 0.2) is 0 Å². The lowest BCUT2D eigenvalue weighted by molar-refractivity contribution is -0.133. The maximum atomic E-state index is 12.4. The van der Waals surface area contributed by atoms with E-state index in [1.54, 1.807) is 0 Å². The molecule has 2 rings (SSSR count). The molecular formula is C19H34N2O3. The van der Waals surface area contributed by atoms with E-state index in [9.17, 15) is 9.59 Å². The molecule has 0 aromatic carbocycles. The topological polar surface area (TPSA) is 58.6 Å². The van der Waals surface area contributed by atoms with Crippen LogP contribution < -0.4 is 5.32 Å². The average molecular weight is 338 g/mol. The first-order valence-electron chi connectivity index (χ1n) is 9.52. The van der Waals surface area contributed by atoms with E-state index in [1.165, 1.54) is 25.7 Å². The summed E-state index contributed by atoms with van der Waals surface area (Å²) in [6, 6.07) is 0.0822. The van der Waals surface area contributed by atoms with Crippen LogP contribution in [0.1, 0.15) is 72.6 Å². The van der Waals surface area contributed by atoms with Gasteiger partial charge in [-0.3, -0.25) is 4.79 Å². The van der Waals surface area contributed by atoms with E-state index in [1.807, 2.05) is 25.7 Å². The number of alkyl carbamates (subject to hydrolysis) is 1. The Bertz CT molecular complexity index is 438. The summed E-state index contributed by atoms with van der Waals surface area (Å²) < 4.78 is 5.33. The Kier molecular flexibility index (Phi) is 6.53.